The van der Waals surface area contributed by atoms with Crippen LogP contribution in [-0.2, 0) is 17.4 Å². The Kier molecular flexibility index (Phi) is 6.44. The van der Waals surface area contributed by atoms with E-state index in [1.165, 1.54) is 23.9 Å². The Morgan fingerprint density at radius 3 is 2.58 bits per heavy atom. The van der Waals surface area contributed by atoms with Gasteiger partial charge in [-0.05, 0) is 18.4 Å². The number of hydrogen-bond donors (Lipinski definition) is 1. The van der Waals surface area contributed by atoms with Crippen molar-refractivity contribution in [1.82, 2.24) is 15.0 Å². The van der Waals surface area contributed by atoms with Crippen molar-refractivity contribution >= 4 is 35.3 Å². The molecule has 0 spiro atoms. The zero-order chi connectivity index (χ0) is 19.3. The smallest absolute Gasteiger partial charge is 0.368 e. The Morgan fingerprint density at radius 2 is 1.96 bits per heavy atom. The van der Waals surface area contributed by atoms with Crippen molar-refractivity contribution in [3.63, 3.8) is 0 Å². The Morgan fingerprint density at radius 1 is 1.27 bits per heavy atom. The van der Waals surface area contributed by atoms with Crippen molar-refractivity contribution in [2.75, 3.05) is 17.7 Å². The Bertz CT molecular complexity index is 867. The van der Waals surface area contributed by atoms with Gasteiger partial charge in [-0.2, -0.15) is 18.4 Å². The molecule has 0 atom stereocenters. The fraction of sp³-hybridized carbons (Fsp3) is 0.267. The Balaban J connectivity index is 2.09. The minimum Gasteiger partial charge on any atom is -0.368 e. The molecule has 0 amide bonds. The first-order valence-electron chi connectivity index (χ1n) is 7.03. The molecule has 0 aliphatic rings. The molecule has 26 heavy (non-hydrogen) atoms. The average molecular weight is 399 g/mol. The van der Waals surface area contributed by atoms with Gasteiger partial charge in [0.15, 0.2) is 0 Å². The van der Waals surface area contributed by atoms with E-state index in [0.29, 0.717) is 5.03 Å². The van der Waals surface area contributed by atoms with Crippen LogP contribution in [-0.4, -0.2) is 32.7 Å². The van der Waals surface area contributed by atoms with Crippen LogP contribution in [0.25, 0.3) is 0 Å². The number of nitrogens with zero attached hydrogens (tertiary/aromatic N) is 4. The van der Waals surface area contributed by atoms with E-state index in [0.717, 1.165) is 17.8 Å². The monoisotopic (exact) mass is 399 g/mol. The third-order valence-electron chi connectivity index (χ3n) is 3.01. The van der Waals surface area contributed by atoms with Gasteiger partial charge < -0.3 is 5.73 Å². The predicted octanol–water partition coefficient (Wildman–Crippen LogP) is 2.97. The molecule has 0 saturated heterocycles. The van der Waals surface area contributed by atoms with Crippen LogP contribution >= 0.6 is 23.5 Å². The number of thioether (sulfide) groups is 2. The molecule has 0 aromatic carbocycles. The molecule has 11 heteroatoms. The van der Waals surface area contributed by atoms with Gasteiger partial charge in [-0.3, -0.25) is 4.79 Å². The lowest BCUT2D eigenvalue weighted by Gasteiger charge is -2.08. The second-order valence-electron chi connectivity index (χ2n) is 4.90. The number of anilines is 1. The fourth-order valence-electron chi connectivity index (χ4n) is 1.92. The van der Waals surface area contributed by atoms with Gasteiger partial charge in [-0.25, -0.2) is 15.0 Å². The standard InChI is InChI=1S/C15H12F3N5OS2/c1-25-12-10(6-19)13(23-14(20)22-12)26-7-9(24)5-8-3-2-4-11(21-8)15(16,17)18/h2-4H,5,7H2,1H3,(H2,20,22,23). The molecule has 2 rings (SSSR count). The first-order chi connectivity index (χ1) is 12.2. The number of carbonyl (C=O) groups is 1. The molecule has 0 saturated carbocycles. The molecule has 0 aliphatic heterocycles. The number of nitriles is 1. The number of Topliss-reactive ketones (excluding diaryl/α,β-unsaturated/α-hetero) is 1. The van der Waals surface area contributed by atoms with E-state index in [2.05, 4.69) is 15.0 Å². The van der Waals surface area contributed by atoms with Crippen LogP contribution < -0.4 is 5.73 Å². The van der Waals surface area contributed by atoms with Crippen LogP contribution in [0.4, 0.5) is 19.1 Å². The highest BCUT2D eigenvalue weighted by atomic mass is 32.2. The van der Waals surface area contributed by atoms with Crippen molar-refractivity contribution in [3.8, 4) is 6.07 Å². The number of alkyl halides is 3. The molecule has 2 heterocycles. The van der Waals surface area contributed by atoms with Gasteiger partial charge in [0, 0.05) is 12.1 Å². The number of carbonyl (C=O) groups excluding carboxylic acids is 1. The number of ketones is 1. The van der Waals surface area contributed by atoms with Crippen LogP contribution in [0.1, 0.15) is 17.0 Å². The molecule has 0 bridgehead atoms. The van der Waals surface area contributed by atoms with E-state index in [1.54, 1.807) is 6.26 Å². The molecule has 2 aromatic heterocycles. The maximum atomic E-state index is 12.7. The Labute approximate surface area is 155 Å². The SMILES string of the molecule is CSc1nc(N)nc(SCC(=O)Cc2cccc(C(F)(F)F)n2)c1C#N. The molecule has 2 N–H and O–H groups in total. The third kappa shape index (κ3) is 5.09. The molecule has 0 radical (unpaired) electrons. The van der Waals surface area contributed by atoms with Gasteiger partial charge in [-0.15, -0.1) is 11.8 Å². The molecule has 0 unspecified atom stereocenters. The normalized spacial score (nSPS) is 11.2. The highest BCUT2D eigenvalue weighted by Gasteiger charge is 2.32. The van der Waals surface area contributed by atoms with Crippen LogP contribution in [0.5, 0.6) is 0 Å². The predicted molar refractivity (Wildman–Crippen MR) is 91.6 cm³/mol. The number of halogens is 3. The second kappa shape index (κ2) is 8.37. The summed E-state index contributed by atoms with van der Waals surface area (Å²) in [6, 6.07) is 5.37. The summed E-state index contributed by atoms with van der Waals surface area (Å²) in [7, 11) is 0. The zero-order valence-corrected chi connectivity index (χ0v) is 15.0. The summed E-state index contributed by atoms with van der Waals surface area (Å²) >= 11 is 2.21. The zero-order valence-electron chi connectivity index (χ0n) is 13.4. The first kappa shape index (κ1) is 20.0. The van der Waals surface area contributed by atoms with Gasteiger partial charge in [0.25, 0.3) is 0 Å². The third-order valence-corrected chi connectivity index (χ3v) is 4.73. The van der Waals surface area contributed by atoms with Crippen LogP contribution in [0.3, 0.4) is 0 Å². The lowest BCUT2D eigenvalue weighted by atomic mass is 10.2. The lowest BCUT2D eigenvalue weighted by Crippen LogP contribution is -2.12. The maximum Gasteiger partial charge on any atom is 0.433 e. The summed E-state index contributed by atoms with van der Waals surface area (Å²) in [5, 5.41) is 9.89. The van der Waals surface area contributed by atoms with E-state index in [9.17, 15) is 23.2 Å². The lowest BCUT2D eigenvalue weighted by molar-refractivity contribution is -0.141. The van der Waals surface area contributed by atoms with Crippen molar-refractivity contribution in [2.24, 2.45) is 0 Å². The summed E-state index contributed by atoms with van der Waals surface area (Å²) < 4.78 is 38.0. The summed E-state index contributed by atoms with van der Waals surface area (Å²) in [6.07, 6.45) is -3.10. The van der Waals surface area contributed by atoms with Crippen molar-refractivity contribution < 1.29 is 18.0 Å². The van der Waals surface area contributed by atoms with Gasteiger partial charge in [0.2, 0.25) is 5.95 Å². The molecule has 6 nitrogen and oxygen atoms in total. The van der Waals surface area contributed by atoms with Crippen LogP contribution in [0.2, 0.25) is 0 Å². The number of nitrogens with two attached hydrogens (primary N) is 1. The number of hydrogen-bond acceptors (Lipinski definition) is 8. The van der Waals surface area contributed by atoms with E-state index in [-0.39, 0.29) is 40.2 Å². The summed E-state index contributed by atoms with van der Waals surface area (Å²) in [5.74, 6) is -0.465. The molecular formula is C15H12F3N5OS2. The Hall–Kier alpha value is -2.32. The van der Waals surface area contributed by atoms with Gasteiger partial charge in [0.05, 0.1) is 5.75 Å². The van der Waals surface area contributed by atoms with Crippen molar-refractivity contribution in [3.05, 3.63) is 35.2 Å². The molecule has 0 fully saturated rings. The molecule has 0 aliphatic carbocycles. The molecular weight excluding hydrogens is 387 g/mol. The molecule has 2 aromatic rings. The highest BCUT2D eigenvalue weighted by molar-refractivity contribution is 8.00. The maximum absolute atomic E-state index is 12.7. The van der Waals surface area contributed by atoms with Crippen LogP contribution in [0.15, 0.2) is 28.3 Å². The second-order valence-corrected chi connectivity index (χ2v) is 6.66. The largest absolute Gasteiger partial charge is 0.433 e. The van der Waals surface area contributed by atoms with Crippen molar-refractivity contribution in [1.29, 1.82) is 5.26 Å². The number of rotatable bonds is 6. The van der Waals surface area contributed by atoms with Crippen LogP contribution in [0, 0.1) is 11.3 Å². The number of nitrogen functional groups attached to an aromatic ring is 1. The van der Waals surface area contributed by atoms with E-state index >= 15 is 0 Å². The number of aromatic nitrogens is 3. The topological polar surface area (TPSA) is 106 Å². The minimum absolute atomic E-state index is 0.0251. The van der Waals surface area contributed by atoms with Gasteiger partial charge >= 0.3 is 6.18 Å². The first-order valence-corrected chi connectivity index (χ1v) is 9.25. The summed E-state index contributed by atoms with van der Waals surface area (Å²) in [5.41, 5.74) is 4.78. The van der Waals surface area contributed by atoms with Crippen molar-refractivity contribution in [2.45, 2.75) is 22.6 Å². The van der Waals surface area contributed by atoms with E-state index in [1.807, 2.05) is 6.07 Å². The van der Waals surface area contributed by atoms with E-state index in [4.69, 9.17) is 5.73 Å². The summed E-state index contributed by atoms with van der Waals surface area (Å²) in [4.78, 5) is 23.4. The highest BCUT2D eigenvalue weighted by Crippen LogP contribution is 2.29. The van der Waals surface area contributed by atoms with Gasteiger partial charge in [0.1, 0.15) is 33.2 Å². The quantitative estimate of drug-likeness (QED) is 0.584. The summed E-state index contributed by atoms with van der Waals surface area (Å²) in [6.45, 7) is 0. The number of pyridine rings is 1. The molecule has 136 valence electrons. The average Bonchev–Trinajstić information content (AvgIpc) is 2.58. The fourth-order valence-corrected chi connectivity index (χ4v) is 3.36. The van der Waals surface area contributed by atoms with Gasteiger partial charge in [-0.1, -0.05) is 17.8 Å². The van der Waals surface area contributed by atoms with E-state index < -0.39 is 11.9 Å². The minimum atomic E-state index is -4.57.